The SMILES string of the molecule is O=C(O)CC1CCN(C(=O)c2ccccc2)CC1CCN1CCOCC1. The third-order valence-corrected chi connectivity index (χ3v) is 5.56. The van der Waals surface area contributed by atoms with E-state index in [4.69, 9.17) is 4.74 Å². The number of carbonyl (C=O) groups excluding carboxylic acids is 1. The summed E-state index contributed by atoms with van der Waals surface area (Å²) in [7, 11) is 0. The van der Waals surface area contributed by atoms with E-state index >= 15 is 0 Å². The molecule has 1 aromatic carbocycles. The van der Waals surface area contributed by atoms with E-state index < -0.39 is 5.97 Å². The number of morpholine rings is 1. The smallest absolute Gasteiger partial charge is 0.303 e. The van der Waals surface area contributed by atoms with Crippen LogP contribution in [0.3, 0.4) is 0 Å². The third kappa shape index (κ3) is 5.05. The van der Waals surface area contributed by atoms with Gasteiger partial charge in [-0.2, -0.15) is 0 Å². The molecule has 2 atom stereocenters. The highest BCUT2D eigenvalue weighted by molar-refractivity contribution is 5.94. The van der Waals surface area contributed by atoms with Crippen LogP contribution in [-0.2, 0) is 9.53 Å². The van der Waals surface area contributed by atoms with Gasteiger partial charge >= 0.3 is 5.97 Å². The molecular formula is C20H28N2O4. The van der Waals surface area contributed by atoms with Crippen molar-refractivity contribution in [1.82, 2.24) is 9.80 Å². The normalized spacial score (nSPS) is 24.4. The van der Waals surface area contributed by atoms with Crippen LogP contribution in [0.15, 0.2) is 30.3 Å². The number of carbonyl (C=O) groups is 2. The minimum Gasteiger partial charge on any atom is -0.481 e. The van der Waals surface area contributed by atoms with Gasteiger partial charge in [-0.15, -0.1) is 0 Å². The molecule has 6 heteroatoms. The van der Waals surface area contributed by atoms with E-state index in [1.54, 1.807) is 0 Å². The van der Waals surface area contributed by atoms with E-state index in [1.807, 2.05) is 35.2 Å². The fourth-order valence-corrected chi connectivity index (χ4v) is 4.02. The lowest BCUT2D eigenvalue weighted by molar-refractivity contribution is -0.139. The van der Waals surface area contributed by atoms with Crippen LogP contribution < -0.4 is 0 Å². The van der Waals surface area contributed by atoms with Gasteiger partial charge in [0.05, 0.1) is 13.2 Å². The van der Waals surface area contributed by atoms with Crippen molar-refractivity contribution in [3.8, 4) is 0 Å². The minimum atomic E-state index is -0.741. The Hall–Kier alpha value is -1.92. The summed E-state index contributed by atoms with van der Waals surface area (Å²) in [5, 5.41) is 9.25. The second-order valence-corrected chi connectivity index (χ2v) is 7.27. The first kappa shape index (κ1) is 18.9. The molecule has 1 N–H and O–H groups in total. The lowest BCUT2D eigenvalue weighted by Crippen LogP contribution is -2.46. The average molecular weight is 360 g/mol. The Balaban J connectivity index is 1.62. The van der Waals surface area contributed by atoms with Crippen molar-refractivity contribution in [3.63, 3.8) is 0 Å². The molecule has 0 aliphatic carbocycles. The molecule has 0 aromatic heterocycles. The summed E-state index contributed by atoms with van der Waals surface area (Å²) in [6, 6.07) is 9.34. The van der Waals surface area contributed by atoms with Gasteiger partial charge in [-0.3, -0.25) is 14.5 Å². The summed E-state index contributed by atoms with van der Waals surface area (Å²) in [6.07, 6.45) is 1.89. The molecule has 2 saturated heterocycles. The fourth-order valence-electron chi connectivity index (χ4n) is 4.02. The van der Waals surface area contributed by atoms with Gasteiger partial charge in [0.25, 0.3) is 5.91 Å². The predicted octanol–water partition coefficient (Wildman–Crippen LogP) is 1.96. The number of amides is 1. The maximum Gasteiger partial charge on any atom is 0.303 e. The van der Waals surface area contributed by atoms with E-state index in [2.05, 4.69) is 4.90 Å². The van der Waals surface area contributed by atoms with E-state index in [-0.39, 0.29) is 24.2 Å². The van der Waals surface area contributed by atoms with Crippen LogP contribution >= 0.6 is 0 Å². The zero-order valence-corrected chi connectivity index (χ0v) is 15.2. The van der Waals surface area contributed by atoms with Gasteiger partial charge in [-0.1, -0.05) is 18.2 Å². The Morgan fingerprint density at radius 1 is 1.08 bits per heavy atom. The number of rotatable bonds is 6. The molecule has 0 bridgehead atoms. The van der Waals surface area contributed by atoms with Crippen LogP contribution in [0.2, 0.25) is 0 Å². The topological polar surface area (TPSA) is 70.1 Å². The molecule has 2 fully saturated rings. The first-order valence-electron chi connectivity index (χ1n) is 9.49. The minimum absolute atomic E-state index is 0.0516. The fraction of sp³-hybridized carbons (Fsp3) is 0.600. The van der Waals surface area contributed by atoms with Crippen LogP contribution in [0, 0.1) is 11.8 Å². The molecule has 2 heterocycles. The van der Waals surface area contributed by atoms with Gasteiger partial charge in [0.2, 0.25) is 0 Å². The molecule has 1 aromatic rings. The van der Waals surface area contributed by atoms with E-state index in [0.717, 1.165) is 45.7 Å². The summed E-state index contributed by atoms with van der Waals surface area (Å²) in [5.74, 6) is -0.311. The highest BCUT2D eigenvalue weighted by Gasteiger charge is 2.33. The van der Waals surface area contributed by atoms with Gasteiger partial charge < -0.3 is 14.7 Å². The number of nitrogens with zero attached hydrogens (tertiary/aromatic N) is 2. The van der Waals surface area contributed by atoms with Gasteiger partial charge in [0, 0.05) is 38.2 Å². The van der Waals surface area contributed by atoms with Crippen molar-refractivity contribution in [2.24, 2.45) is 11.8 Å². The number of aliphatic carboxylic acids is 1. The average Bonchev–Trinajstić information content (AvgIpc) is 2.68. The van der Waals surface area contributed by atoms with Crippen molar-refractivity contribution < 1.29 is 19.4 Å². The maximum atomic E-state index is 12.8. The zero-order valence-electron chi connectivity index (χ0n) is 15.2. The van der Waals surface area contributed by atoms with Gasteiger partial charge in [0.1, 0.15) is 0 Å². The van der Waals surface area contributed by atoms with Crippen LogP contribution in [0.25, 0.3) is 0 Å². The second kappa shape index (κ2) is 9.14. The Morgan fingerprint density at radius 3 is 2.50 bits per heavy atom. The van der Waals surface area contributed by atoms with Crippen LogP contribution in [-0.4, -0.2) is 72.7 Å². The van der Waals surface area contributed by atoms with Crippen molar-refractivity contribution in [1.29, 1.82) is 0 Å². The van der Waals surface area contributed by atoms with Crippen molar-refractivity contribution in [2.45, 2.75) is 19.3 Å². The maximum absolute atomic E-state index is 12.8. The molecule has 2 aliphatic heterocycles. The molecular weight excluding hydrogens is 332 g/mol. The van der Waals surface area contributed by atoms with Gasteiger partial charge in [-0.05, 0) is 43.4 Å². The summed E-state index contributed by atoms with van der Waals surface area (Å²) in [6.45, 7) is 5.63. The number of ether oxygens (including phenoxy) is 1. The summed E-state index contributed by atoms with van der Waals surface area (Å²) >= 11 is 0. The Labute approximate surface area is 154 Å². The molecule has 0 saturated carbocycles. The second-order valence-electron chi connectivity index (χ2n) is 7.27. The summed E-state index contributed by atoms with van der Waals surface area (Å²) in [5.41, 5.74) is 0.705. The number of hydrogen-bond acceptors (Lipinski definition) is 4. The largest absolute Gasteiger partial charge is 0.481 e. The van der Waals surface area contributed by atoms with Crippen molar-refractivity contribution in [2.75, 3.05) is 45.9 Å². The molecule has 0 radical (unpaired) electrons. The van der Waals surface area contributed by atoms with Crippen LogP contribution in [0.4, 0.5) is 0 Å². The number of benzene rings is 1. The number of piperidine rings is 1. The van der Waals surface area contributed by atoms with E-state index in [1.165, 1.54) is 0 Å². The van der Waals surface area contributed by atoms with Crippen molar-refractivity contribution >= 4 is 11.9 Å². The standard InChI is InChI=1S/C20H28N2O4/c23-19(24)14-17-7-9-22(20(25)16-4-2-1-3-5-16)15-18(17)6-8-21-10-12-26-13-11-21/h1-5,17-18H,6-15H2,(H,23,24). The highest BCUT2D eigenvalue weighted by atomic mass is 16.5. The lowest BCUT2D eigenvalue weighted by Gasteiger charge is -2.39. The molecule has 1 amide bonds. The van der Waals surface area contributed by atoms with Crippen LogP contribution in [0.1, 0.15) is 29.6 Å². The number of hydrogen-bond donors (Lipinski definition) is 1. The predicted molar refractivity (Wildman–Crippen MR) is 98.1 cm³/mol. The Kier molecular flexibility index (Phi) is 6.63. The lowest BCUT2D eigenvalue weighted by atomic mass is 9.81. The molecule has 6 nitrogen and oxygen atoms in total. The summed E-state index contributed by atoms with van der Waals surface area (Å²) in [4.78, 5) is 28.3. The Morgan fingerprint density at radius 2 is 1.81 bits per heavy atom. The number of carboxylic acid groups (broad SMARTS) is 1. The molecule has 26 heavy (non-hydrogen) atoms. The third-order valence-electron chi connectivity index (χ3n) is 5.56. The van der Waals surface area contributed by atoms with Crippen molar-refractivity contribution in [3.05, 3.63) is 35.9 Å². The van der Waals surface area contributed by atoms with Gasteiger partial charge in [-0.25, -0.2) is 0 Å². The first-order valence-corrected chi connectivity index (χ1v) is 9.49. The van der Waals surface area contributed by atoms with E-state index in [9.17, 15) is 14.7 Å². The van der Waals surface area contributed by atoms with E-state index in [0.29, 0.717) is 18.7 Å². The molecule has 2 aliphatic rings. The first-order chi connectivity index (χ1) is 12.6. The summed E-state index contributed by atoms with van der Waals surface area (Å²) < 4.78 is 5.39. The monoisotopic (exact) mass is 360 g/mol. The molecule has 0 spiro atoms. The zero-order chi connectivity index (χ0) is 18.4. The molecule has 3 rings (SSSR count). The quantitative estimate of drug-likeness (QED) is 0.840. The molecule has 142 valence electrons. The highest BCUT2D eigenvalue weighted by Crippen LogP contribution is 2.30. The Bertz CT molecular complexity index is 601. The molecule has 2 unspecified atom stereocenters. The van der Waals surface area contributed by atoms with Gasteiger partial charge in [0.15, 0.2) is 0 Å². The number of likely N-dealkylation sites (tertiary alicyclic amines) is 1. The van der Waals surface area contributed by atoms with Crippen LogP contribution in [0.5, 0.6) is 0 Å². The number of carboxylic acids is 1.